The second-order valence-electron chi connectivity index (χ2n) is 13.8. The Kier molecular flexibility index (Phi) is 4.36. The van der Waals surface area contributed by atoms with Crippen LogP contribution in [0.2, 0.25) is 0 Å². The summed E-state index contributed by atoms with van der Waals surface area (Å²) in [6.07, 6.45) is 4.55. The van der Waals surface area contributed by atoms with Crippen molar-refractivity contribution in [3.8, 4) is 11.4 Å². The Labute approximate surface area is 284 Å². The van der Waals surface area contributed by atoms with Crippen LogP contribution in [-0.4, -0.2) is 17.9 Å². The molecule has 0 N–H and O–H groups in total. The molecule has 6 heterocycles. The number of benzene rings is 7. The number of rotatable bonds is 2. The Bertz CT molecular complexity index is 3290. The number of hydrogen-bond acceptors (Lipinski definition) is 0. The van der Waals surface area contributed by atoms with Crippen LogP contribution >= 0.6 is 0 Å². The molecule has 0 aliphatic carbocycles. The summed E-state index contributed by atoms with van der Waals surface area (Å²) in [6, 6.07) is 53.7. The predicted octanol–water partition coefficient (Wildman–Crippen LogP) is 11.9. The molecule has 13 aromatic rings. The molecule has 0 fully saturated rings. The van der Waals surface area contributed by atoms with Gasteiger partial charge in [0.05, 0.1) is 44.1 Å². The average molecular weight is 635 g/mol. The van der Waals surface area contributed by atoms with E-state index in [1.165, 1.54) is 109 Å². The van der Waals surface area contributed by atoms with Gasteiger partial charge in [-0.1, -0.05) is 72.8 Å². The third kappa shape index (κ3) is 2.84. The molecule has 0 atom stereocenters. The second kappa shape index (κ2) is 8.62. The lowest BCUT2D eigenvalue weighted by Crippen LogP contribution is -1.92. The van der Waals surface area contributed by atoms with E-state index in [4.69, 9.17) is 0 Å². The van der Waals surface area contributed by atoms with E-state index in [9.17, 15) is 0 Å². The van der Waals surface area contributed by atoms with E-state index < -0.39 is 0 Å². The minimum Gasteiger partial charge on any atom is -0.315 e. The first-order chi connectivity index (χ1) is 24.8. The van der Waals surface area contributed by atoms with Crippen molar-refractivity contribution in [3.05, 3.63) is 158 Å². The Morgan fingerprint density at radius 1 is 0.280 bits per heavy atom. The first kappa shape index (κ1) is 25.3. The van der Waals surface area contributed by atoms with Crippen LogP contribution in [0.25, 0.3) is 109 Å². The summed E-state index contributed by atoms with van der Waals surface area (Å²) in [5.74, 6) is 0. The molecule has 7 aromatic carbocycles. The third-order valence-electron chi connectivity index (χ3n) is 11.4. The molecule has 0 radical (unpaired) electrons. The van der Waals surface area contributed by atoms with Crippen LogP contribution in [0.1, 0.15) is 0 Å². The van der Waals surface area contributed by atoms with Gasteiger partial charge in [0.1, 0.15) is 0 Å². The first-order valence-electron chi connectivity index (χ1n) is 17.3. The molecule has 4 heteroatoms. The molecule has 0 bridgehead atoms. The van der Waals surface area contributed by atoms with E-state index >= 15 is 0 Å². The minimum absolute atomic E-state index is 1.18. The second-order valence-corrected chi connectivity index (χ2v) is 13.8. The smallest absolute Gasteiger partial charge is 0.0615 e. The van der Waals surface area contributed by atoms with Crippen LogP contribution in [0.3, 0.4) is 0 Å². The summed E-state index contributed by atoms with van der Waals surface area (Å²) in [5.41, 5.74) is 12.4. The van der Waals surface area contributed by atoms with Gasteiger partial charge < -0.3 is 17.9 Å². The fourth-order valence-electron chi connectivity index (χ4n) is 9.52. The van der Waals surface area contributed by atoms with Gasteiger partial charge in [0.2, 0.25) is 0 Å². The number of para-hydroxylation sites is 4. The van der Waals surface area contributed by atoms with E-state index in [0.717, 1.165) is 0 Å². The monoisotopic (exact) mass is 634 g/mol. The van der Waals surface area contributed by atoms with Gasteiger partial charge in [-0.05, 0) is 72.8 Å². The van der Waals surface area contributed by atoms with Crippen LogP contribution in [0, 0.1) is 0 Å². The summed E-state index contributed by atoms with van der Waals surface area (Å²) in [7, 11) is 0. The number of aromatic nitrogens is 4. The van der Waals surface area contributed by atoms with Gasteiger partial charge in [0.15, 0.2) is 0 Å². The highest BCUT2D eigenvalue weighted by atomic mass is 15.0. The van der Waals surface area contributed by atoms with Crippen molar-refractivity contribution in [1.82, 2.24) is 17.9 Å². The van der Waals surface area contributed by atoms with E-state index in [-0.39, 0.29) is 0 Å². The quantitative estimate of drug-likeness (QED) is 0.180. The highest BCUT2D eigenvalue weighted by Crippen LogP contribution is 2.47. The van der Waals surface area contributed by atoms with E-state index in [2.05, 4.69) is 176 Å². The van der Waals surface area contributed by atoms with Crippen LogP contribution in [0.15, 0.2) is 158 Å². The lowest BCUT2D eigenvalue weighted by Gasteiger charge is -2.08. The Morgan fingerprint density at radius 3 is 1.20 bits per heavy atom. The molecule has 0 unspecified atom stereocenters. The molecule has 230 valence electrons. The molecular formula is C46H26N4. The van der Waals surface area contributed by atoms with E-state index in [0.29, 0.717) is 0 Å². The van der Waals surface area contributed by atoms with Crippen molar-refractivity contribution >= 4 is 98.0 Å². The lowest BCUT2D eigenvalue weighted by atomic mass is 10.0. The summed E-state index contributed by atoms with van der Waals surface area (Å²) < 4.78 is 9.72. The third-order valence-corrected chi connectivity index (χ3v) is 11.4. The summed E-state index contributed by atoms with van der Waals surface area (Å²) in [6.45, 7) is 0. The largest absolute Gasteiger partial charge is 0.315 e. The molecule has 4 nitrogen and oxygen atoms in total. The zero-order valence-electron chi connectivity index (χ0n) is 26.8. The van der Waals surface area contributed by atoms with Gasteiger partial charge in [-0.15, -0.1) is 0 Å². The van der Waals surface area contributed by atoms with Gasteiger partial charge in [-0.3, -0.25) is 0 Å². The molecule has 0 spiro atoms. The molecule has 6 aromatic heterocycles. The molecule has 0 saturated carbocycles. The summed E-state index contributed by atoms with van der Waals surface area (Å²) >= 11 is 0. The zero-order chi connectivity index (χ0) is 32.2. The fourth-order valence-corrected chi connectivity index (χ4v) is 9.52. The maximum atomic E-state index is 2.47. The van der Waals surface area contributed by atoms with Crippen molar-refractivity contribution in [3.63, 3.8) is 0 Å². The van der Waals surface area contributed by atoms with Gasteiger partial charge in [-0.2, -0.15) is 0 Å². The molecule has 13 rings (SSSR count). The fraction of sp³-hybridized carbons (Fsp3) is 0. The van der Waals surface area contributed by atoms with Crippen molar-refractivity contribution in [2.24, 2.45) is 0 Å². The van der Waals surface area contributed by atoms with Gasteiger partial charge >= 0.3 is 0 Å². The Morgan fingerprint density at radius 2 is 0.720 bits per heavy atom. The molecule has 50 heavy (non-hydrogen) atoms. The maximum Gasteiger partial charge on any atom is 0.0615 e. The van der Waals surface area contributed by atoms with Crippen molar-refractivity contribution < 1.29 is 0 Å². The number of hydrogen-bond donors (Lipinski definition) is 0. The molecule has 0 saturated heterocycles. The lowest BCUT2D eigenvalue weighted by molar-refractivity contribution is 1.18. The van der Waals surface area contributed by atoms with Gasteiger partial charge in [-0.25, -0.2) is 0 Å². The first-order valence-corrected chi connectivity index (χ1v) is 17.3. The average Bonchev–Trinajstić information content (AvgIpc) is 4.01. The highest BCUT2D eigenvalue weighted by Gasteiger charge is 2.24. The van der Waals surface area contributed by atoms with Crippen LogP contribution in [0.5, 0.6) is 0 Å². The zero-order valence-corrected chi connectivity index (χ0v) is 26.8. The SMILES string of the molecule is c1ccc(-n2c3ccccc3c3c4ccn5c6cc7c(cc6c(cc32)c45)c2cc3c(c4ccccc4n3-c3ccccc3)c3ccn7c23)cc1. The van der Waals surface area contributed by atoms with E-state index in [1.54, 1.807) is 0 Å². The summed E-state index contributed by atoms with van der Waals surface area (Å²) in [5, 5.41) is 13.0. The maximum absolute atomic E-state index is 2.47. The van der Waals surface area contributed by atoms with Crippen LogP contribution < -0.4 is 0 Å². The Hall–Kier alpha value is -6.78. The molecule has 0 aliphatic rings. The van der Waals surface area contributed by atoms with Crippen LogP contribution in [0.4, 0.5) is 0 Å². The topological polar surface area (TPSA) is 18.7 Å². The molecular weight excluding hydrogens is 609 g/mol. The number of fused-ring (bicyclic) bond motifs is 14. The van der Waals surface area contributed by atoms with Gasteiger partial charge in [0.25, 0.3) is 0 Å². The number of nitrogens with zero attached hydrogens (tertiary/aromatic N) is 4. The minimum atomic E-state index is 1.18. The normalized spacial score (nSPS) is 12.8. The van der Waals surface area contributed by atoms with Crippen molar-refractivity contribution in [1.29, 1.82) is 0 Å². The van der Waals surface area contributed by atoms with E-state index in [1.807, 2.05) is 0 Å². The van der Waals surface area contributed by atoms with Crippen LogP contribution in [-0.2, 0) is 0 Å². The molecule has 0 aliphatic heterocycles. The van der Waals surface area contributed by atoms with Crippen molar-refractivity contribution in [2.75, 3.05) is 0 Å². The Balaban J connectivity index is 1.20. The summed E-state index contributed by atoms with van der Waals surface area (Å²) in [4.78, 5) is 0. The standard InChI is InChI=1S/C46H26N4/c1-3-11-27(12-4-1)49-37-17-9-7-15-29(37)43-31-19-21-47-39-26-40-34(23-33(39)35(45(31)47)24-41(43)49)36-25-42-44(32-20-22-48(40)46(32)36)30-16-8-10-18-38(30)50(42)28-13-5-2-6-14-28/h1-26H. The highest BCUT2D eigenvalue weighted by molar-refractivity contribution is 6.33. The van der Waals surface area contributed by atoms with Crippen molar-refractivity contribution in [2.45, 2.75) is 0 Å². The van der Waals surface area contributed by atoms with Gasteiger partial charge in [0, 0.05) is 77.6 Å². The molecule has 0 amide bonds. The predicted molar refractivity (Wildman–Crippen MR) is 209 cm³/mol.